The molecule has 5 rings (SSSR count). The molecule has 8 atom stereocenters. The summed E-state index contributed by atoms with van der Waals surface area (Å²) in [4.78, 5) is 91.7. The lowest BCUT2D eigenvalue weighted by atomic mass is 9.98. The standard InChI is InChI=1S/C40H54F3N7O13S/c1-22(51)58-19-29-34(60-23(2)52)35(61-24(3)53)36(62-25(4)54)37(63-29)59-20-32(56)50(18-27-14-13-26(17-45-27)39(48-49-39)40(41,42)43)16-10-6-5-9-15-44-31(55)12-8-7-11-30-33-28(21-64-30)46-38(57)47-33/h13-14,17,28-30,33-37H,5-12,15-16,18-21H2,1-4H3,(H,44,55)(H2,46,47,57)/t28?,29-,30?,33?,34-,35+,36+,37+/m1/s1. The van der Waals surface area contributed by atoms with Crippen molar-refractivity contribution in [2.75, 3.05) is 32.1 Å². The van der Waals surface area contributed by atoms with Gasteiger partial charge in [-0.05, 0) is 31.7 Å². The van der Waals surface area contributed by atoms with E-state index in [0.29, 0.717) is 43.9 Å². The maximum absolute atomic E-state index is 13.9. The van der Waals surface area contributed by atoms with Crippen LogP contribution >= 0.6 is 11.8 Å². The van der Waals surface area contributed by atoms with Crippen molar-refractivity contribution in [3.05, 3.63) is 29.6 Å². The van der Waals surface area contributed by atoms with Crippen LogP contribution in [-0.4, -0.2) is 138 Å². The van der Waals surface area contributed by atoms with Gasteiger partial charge in [0.25, 0.3) is 0 Å². The van der Waals surface area contributed by atoms with Crippen molar-refractivity contribution < 1.29 is 75.2 Å². The van der Waals surface area contributed by atoms with E-state index in [9.17, 15) is 46.7 Å². The highest BCUT2D eigenvalue weighted by Gasteiger charge is 2.65. The second kappa shape index (κ2) is 22.7. The number of urea groups is 1. The minimum absolute atomic E-state index is 0.0510. The van der Waals surface area contributed by atoms with Crippen molar-refractivity contribution in [1.82, 2.24) is 25.8 Å². The number of fused-ring (bicyclic) bond motifs is 1. The molecule has 0 aromatic carbocycles. The van der Waals surface area contributed by atoms with Crippen LogP contribution < -0.4 is 16.0 Å². The number of hydrogen-bond acceptors (Lipinski definition) is 17. The number of unbranched alkanes of at least 4 members (excludes halogenated alkanes) is 4. The first-order valence-corrected chi connectivity index (χ1v) is 22.0. The van der Waals surface area contributed by atoms with E-state index in [2.05, 4.69) is 31.2 Å². The lowest BCUT2D eigenvalue weighted by molar-refractivity contribution is -0.306. The average molecular weight is 930 g/mol. The number of amides is 4. The Kier molecular flexibility index (Phi) is 17.7. The van der Waals surface area contributed by atoms with Crippen LogP contribution in [0.1, 0.15) is 90.3 Å². The van der Waals surface area contributed by atoms with Crippen LogP contribution in [0.25, 0.3) is 0 Å². The Morgan fingerprint density at radius 3 is 2.22 bits per heavy atom. The van der Waals surface area contributed by atoms with Gasteiger partial charge in [-0.25, -0.2) is 4.79 Å². The van der Waals surface area contributed by atoms with Gasteiger partial charge in [-0.15, -0.1) is 10.2 Å². The quantitative estimate of drug-likeness (QED) is 0.0617. The summed E-state index contributed by atoms with van der Waals surface area (Å²) in [5.74, 6) is -3.09. The van der Waals surface area contributed by atoms with Gasteiger partial charge in [-0.3, -0.25) is 33.8 Å². The summed E-state index contributed by atoms with van der Waals surface area (Å²) in [5, 5.41) is 15.6. The number of carbonyl (C=O) groups excluding carboxylic acids is 7. The molecule has 354 valence electrons. The number of esters is 4. The van der Waals surface area contributed by atoms with Crippen molar-refractivity contribution in [3.63, 3.8) is 0 Å². The number of nitrogens with one attached hydrogen (secondary N) is 3. The summed E-state index contributed by atoms with van der Waals surface area (Å²) in [7, 11) is 0. The molecule has 1 aromatic heterocycles. The highest BCUT2D eigenvalue weighted by molar-refractivity contribution is 8.00. The molecule has 3 N–H and O–H groups in total. The Morgan fingerprint density at radius 2 is 1.58 bits per heavy atom. The molecule has 0 saturated carbocycles. The second-order valence-electron chi connectivity index (χ2n) is 15.7. The predicted octanol–water partition coefficient (Wildman–Crippen LogP) is 3.09. The average Bonchev–Trinajstić information content (AvgIpc) is 3.86. The highest BCUT2D eigenvalue weighted by atomic mass is 32.2. The van der Waals surface area contributed by atoms with Gasteiger partial charge in [0.15, 0.2) is 24.6 Å². The molecule has 64 heavy (non-hydrogen) atoms. The molecule has 24 heteroatoms. The summed E-state index contributed by atoms with van der Waals surface area (Å²) < 4.78 is 73.9. The number of rotatable bonds is 23. The molecule has 5 heterocycles. The van der Waals surface area contributed by atoms with Crippen molar-refractivity contribution in [3.8, 4) is 0 Å². The monoisotopic (exact) mass is 929 g/mol. The van der Waals surface area contributed by atoms with E-state index in [0.717, 1.165) is 58.9 Å². The first-order valence-electron chi connectivity index (χ1n) is 21.0. The summed E-state index contributed by atoms with van der Waals surface area (Å²) in [5.41, 5.74) is -2.74. The van der Waals surface area contributed by atoms with Crippen LogP contribution in [0.4, 0.5) is 18.0 Å². The Bertz CT molecular complexity index is 1870. The third-order valence-corrected chi connectivity index (χ3v) is 12.2. The Morgan fingerprint density at radius 1 is 0.891 bits per heavy atom. The van der Waals surface area contributed by atoms with E-state index in [1.807, 2.05) is 11.8 Å². The molecule has 20 nitrogen and oxygen atoms in total. The molecule has 0 spiro atoms. The van der Waals surface area contributed by atoms with Gasteiger partial charge < -0.3 is 49.3 Å². The molecule has 4 amide bonds. The van der Waals surface area contributed by atoms with E-state index >= 15 is 0 Å². The topological polar surface area (TPSA) is 252 Å². The van der Waals surface area contributed by atoms with E-state index in [1.165, 1.54) is 17.0 Å². The van der Waals surface area contributed by atoms with Gasteiger partial charge in [0.2, 0.25) is 11.8 Å². The molecule has 0 bridgehead atoms. The van der Waals surface area contributed by atoms with Gasteiger partial charge >= 0.3 is 41.7 Å². The molecule has 3 saturated heterocycles. The van der Waals surface area contributed by atoms with Crippen LogP contribution in [0.3, 0.4) is 0 Å². The summed E-state index contributed by atoms with van der Waals surface area (Å²) in [6.45, 7) is 3.52. The lowest BCUT2D eigenvalue weighted by Gasteiger charge is -2.44. The largest absolute Gasteiger partial charge is 0.463 e. The van der Waals surface area contributed by atoms with Crippen LogP contribution in [0.15, 0.2) is 28.6 Å². The van der Waals surface area contributed by atoms with Gasteiger partial charge in [0.05, 0.1) is 24.3 Å². The van der Waals surface area contributed by atoms with E-state index < -0.39 is 85.5 Å². The Hall–Kier alpha value is -5.10. The van der Waals surface area contributed by atoms with Crippen molar-refractivity contribution >= 4 is 53.5 Å². The minimum atomic E-state index is -4.76. The minimum Gasteiger partial charge on any atom is -0.463 e. The van der Waals surface area contributed by atoms with E-state index in [4.69, 9.17) is 28.4 Å². The van der Waals surface area contributed by atoms with Gasteiger partial charge in [-0.2, -0.15) is 24.9 Å². The van der Waals surface area contributed by atoms with Crippen molar-refractivity contribution in [2.45, 2.75) is 145 Å². The maximum Gasteiger partial charge on any atom is 0.442 e. The normalized spacial score (nSPS) is 25.3. The van der Waals surface area contributed by atoms with Crippen molar-refractivity contribution in [2.24, 2.45) is 10.2 Å². The smallest absolute Gasteiger partial charge is 0.442 e. The Labute approximate surface area is 371 Å². The predicted molar refractivity (Wildman–Crippen MR) is 216 cm³/mol. The zero-order chi connectivity index (χ0) is 46.6. The van der Waals surface area contributed by atoms with Gasteiger partial charge in [0.1, 0.15) is 19.3 Å². The number of thioether (sulfide) groups is 1. The maximum atomic E-state index is 13.9. The fraction of sp³-hybridized carbons (Fsp3) is 0.700. The fourth-order valence-corrected chi connectivity index (χ4v) is 9.14. The zero-order valence-electron chi connectivity index (χ0n) is 35.9. The molecule has 0 aliphatic carbocycles. The fourth-order valence-electron chi connectivity index (χ4n) is 7.59. The number of ether oxygens (including phenoxy) is 6. The molecule has 3 fully saturated rings. The van der Waals surface area contributed by atoms with Crippen LogP contribution in [0, 0.1) is 0 Å². The lowest BCUT2D eigenvalue weighted by Crippen LogP contribution is -2.63. The molecule has 4 aliphatic rings. The highest BCUT2D eigenvalue weighted by Crippen LogP contribution is 2.52. The van der Waals surface area contributed by atoms with E-state index in [1.54, 1.807) is 0 Å². The molecule has 1 aromatic rings. The second-order valence-corrected chi connectivity index (χ2v) is 17.0. The number of carbonyl (C=O) groups is 7. The Balaban J connectivity index is 1.17. The molecular formula is C40H54F3N7O13S. The number of alkyl halides is 3. The van der Waals surface area contributed by atoms with Crippen LogP contribution in [0.5, 0.6) is 0 Å². The number of pyridine rings is 1. The van der Waals surface area contributed by atoms with Crippen molar-refractivity contribution in [1.29, 1.82) is 0 Å². The molecule has 3 unspecified atom stereocenters. The van der Waals surface area contributed by atoms with Crippen LogP contribution in [0.2, 0.25) is 0 Å². The van der Waals surface area contributed by atoms with Gasteiger partial charge in [-0.1, -0.05) is 25.3 Å². The molecular weight excluding hydrogens is 876 g/mol. The molecule has 0 radical (unpaired) electrons. The molecule has 4 aliphatic heterocycles. The van der Waals surface area contributed by atoms with Gasteiger partial charge in [0, 0.05) is 70.0 Å². The summed E-state index contributed by atoms with van der Waals surface area (Å²) >= 11 is 1.83. The summed E-state index contributed by atoms with van der Waals surface area (Å²) in [6, 6.07) is 2.66. The van der Waals surface area contributed by atoms with E-state index in [-0.39, 0.29) is 48.4 Å². The number of hydrogen-bond donors (Lipinski definition) is 3. The summed E-state index contributed by atoms with van der Waals surface area (Å²) in [6.07, 6.45) is -5.88. The zero-order valence-corrected chi connectivity index (χ0v) is 36.7. The number of halogens is 3. The third kappa shape index (κ3) is 13.9. The third-order valence-electron chi connectivity index (χ3n) is 10.7. The number of aromatic nitrogens is 1. The SMILES string of the molecule is CC(=O)OC[C@H]1O[C@H](OCC(=O)N(CCCCCCNC(=O)CCCCC2SCC3NC(=O)NC32)Cc2ccc(C3(C(F)(F)F)N=N3)cn2)[C@@H](OC(C)=O)[C@@H](OC(C)=O)[C@@H]1OC(C)=O. The first-order chi connectivity index (χ1) is 30.4. The first kappa shape index (κ1) is 49.9. The number of nitrogens with zero attached hydrogens (tertiary/aromatic N) is 4. The van der Waals surface area contributed by atoms with Crippen LogP contribution in [-0.2, 0) is 69.4 Å².